The van der Waals surface area contributed by atoms with Crippen LogP contribution >= 0.6 is 11.8 Å². The normalized spacial score (nSPS) is 11.1. The quantitative estimate of drug-likeness (QED) is 0.461. The number of aryl methyl sites for hydroxylation is 2. The maximum absolute atomic E-state index is 4.65. The molecule has 0 saturated heterocycles. The molecule has 0 aliphatic carbocycles. The highest BCUT2D eigenvalue weighted by atomic mass is 32.2. The van der Waals surface area contributed by atoms with Gasteiger partial charge in [0.1, 0.15) is 11.4 Å². The highest BCUT2D eigenvalue weighted by molar-refractivity contribution is 7.99. The topological polar surface area (TPSA) is 86.3 Å². The minimum atomic E-state index is 0.686. The summed E-state index contributed by atoms with van der Waals surface area (Å²) in [6, 6.07) is 10.2. The molecule has 1 N–H and O–H groups in total. The van der Waals surface area contributed by atoms with Gasteiger partial charge in [0.25, 0.3) is 0 Å². The minimum Gasteiger partial charge on any atom is -0.310 e. The van der Waals surface area contributed by atoms with E-state index in [1.165, 1.54) is 0 Å². The smallest absolute Gasteiger partial charge is 0.209 e. The summed E-state index contributed by atoms with van der Waals surface area (Å²) < 4.78 is 1.68. The fourth-order valence-electron chi connectivity index (χ4n) is 2.39. The van der Waals surface area contributed by atoms with Crippen molar-refractivity contribution in [3.63, 3.8) is 0 Å². The number of tetrazole rings is 1. The third-order valence-corrected chi connectivity index (χ3v) is 4.59. The van der Waals surface area contributed by atoms with Crippen LogP contribution in [0.5, 0.6) is 0 Å². The molecule has 0 bridgehead atoms. The molecule has 3 aromatic rings. The van der Waals surface area contributed by atoms with Gasteiger partial charge in [-0.1, -0.05) is 49.0 Å². The Kier molecular flexibility index (Phi) is 6.13. The second-order valence-corrected chi connectivity index (χ2v) is 6.63. The highest BCUT2D eigenvalue weighted by Crippen LogP contribution is 2.20. The van der Waals surface area contributed by atoms with Crippen LogP contribution in [-0.2, 0) is 20.1 Å². The van der Waals surface area contributed by atoms with Crippen LogP contribution in [0.2, 0.25) is 0 Å². The molecule has 2 aromatic heterocycles. The summed E-state index contributed by atoms with van der Waals surface area (Å²) in [4.78, 5) is 1.79. The first kappa shape index (κ1) is 17.6. The molecule has 9 heteroatoms. The highest BCUT2D eigenvalue weighted by Gasteiger charge is 2.12. The van der Waals surface area contributed by atoms with Gasteiger partial charge < -0.3 is 5.32 Å². The van der Waals surface area contributed by atoms with Gasteiger partial charge in [0.2, 0.25) is 5.16 Å². The van der Waals surface area contributed by atoms with E-state index in [9.17, 15) is 0 Å². The number of rotatable bonds is 9. The number of hydrogen-bond donors (Lipinski definition) is 1. The van der Waals surface area contributed by atoms with Crippen molar-refractivity contribution in [1.82, 2.24) is 40.5 Å². The fraction of sp³-hybridized carbons (Fsp3) is 0.438. The molecule has 0 fully saturated rings. The minimum absolute atomic E-state index is 0.686. The van der Waals surface area contributed by atoms with Crippen molar-refractivity contribution in [3.05, 3.63) is 36.0 Å². The lowest BCUT2D eigenvalue weighted by Crippen LogP contribution is -2.17. The van der Waals surface area contributed by atoms with Crippen LogP contribution in [-0.4, -0.2) is 47.5 Å². The largest absolute Gasteiger partial charge is 0.310 e. The van der Waals surface area contributed by atoms with Crippen LogP contribution in [0.15, 0.2) is 35.5 Å². The predicted octanol–water partition coefficient (Wildman–Crippen LogP) is 1.76. The number of nitrogens with zero attached hydrogens (tertiary/aromatic N) is 7. The fourth-order valence-corrected chi connectivity index (χ4v) is 3.13. The van der Waals surface area contributed by atoms with E-state index in [-0.39, 0.29) is 0 Å². The zero-order chi connectivity index (χ0) is 17.5. The van der Waals surface area contributed by atoms with Crippen molar-refractivity contribution in [2.24, 2.45) is 7.05 Å². The Morgan fingerprint density at radius 2 is 2.00 bits per heavy atom. The van der Waals surface area contributed by atoms with Crippen molar-refractivity contribution in [2.75, 3.05) is 12.3 Å². The maximum atomic E-state index is 4.65. The van der Waals surface area contributed by atoms with Crippen molar-refractivity contribution in [3.8, 4) is 11.3 Å². The second kappa shape index (κ2) is 8.72. The first-order valence-corrected chi connectivity index (χ1v) is 9.31. The third-order valence-electron chi connectivity index (χ3n) is 3.58. The Bertz CT molecular complexity index is 783. The molecule has 0 aliphatic heterocycles. The number of thioether (sulfide) groups is 1. The molecule has 0 saturated carbocycles. The zero-order valence-corrected chi connectivity index (χ0v) is 15.3. The average molecular weight is 358 g/mol. The van der Waals surface area contributed by atoms with E-state index in [1.54, 1.807) is 21.2 Å². The van der Waals surface area contributed by atoms with Gasteiger partial charge in [-0.25, -0.2) is 4.68 Å². The van der Waals surface area contributed by atoms with E-state index in [0.29, 0.717) is 6.54 Å². The van der Waals surface area contributed by atoms with Gasteiger partial charge >= 0.3 is 0 Å². The van der Waals surface area contributed by atoms with Gasteiger partial charge in [0.15, 0.2) is 0 Å². The Balaban J connectivity index is 1.58. The lowest BCUT2D eigenvalue weighted by atomic mass is 10.1. The van der Waals surface area contributed by atoms with Gasteiger partial charge in [-0.2, -0.15) is 15.0 Å². The van der Waals surface area contributed by atoms with Crippen molar-refractivity contribution >= 4 is 11.8 Å². The molecular weight excluding hydrogens is 336 g/mol. The first-order chi connectivity index (χ1) is 12.3. The van der Waals surface area contributed by atoms with Crippen LogP contribution in [0.4, 0.5) is 0 Å². The van der Waals surface area contributed by atoms with Crippen LogP contribution in [0.1, 0.15) is 19.0 Å². The lowest BCUT2D eigenvalue weighted by molar-refractivity contribution is 0.522. The van der Waals surface area contributed by atoms with Crippen LogP contribution in [0.25, 0.3) is 11.3 Å². The Labute approximate surface area is 151 Å². The summed E-state index contributed by atoms with van der Waals surface area (Å²) in [6.45, 7) is 4.48. The molecular formula is C16H22N8S. The SMILES string of the molecule is CCCn1nc(CNCCSc2nnnn2C)c(-c2ccccc2)n1. The van der Waals surface area contributed by atoms with E-state index in [1.807, 2.05) is 25.2 Å². The van der Waals surface area contributed by atoms with Gasteiger partial charge in [-0.3, -0.25) is 0 Å². The third kappa shape index (κ3) is 4.64. The molecule has 25 heavy (non-hydrogen) atoms. The summed E-state index contributed by atoms with van der Waals surface area (Å²) >= 11 is 1.63. The van der Waals surface area contributed by atoms with Crippen molar-refractivity contribution < 1.29 is 0 Å². The molecule has 0 aliphatic rings. The predicted molar refractivity (Wildman–Crippen MR) is 97.0 cm³/mol. The Hall–Kier alpha value is -2.26. The molecule has 132 valence electrons. The van der Waals surface area contributed by atoms with Gasteiger partial charge in [0.05, 0.1) is 6.54 Å². The number of benzene rings is 1. The zero-order valence-electron chi connectivity index (χ0n) is 14.5. The molecule has 8 nitrogen and oxygen atoms in total. The molecule has 3 rings (SSSR count). The summed E-state index contributed by atoms with van der Waals surface area (Å²) in [5, 5.41) is 25.0. The maximum Gasteiger partial charge on any atom is 0.209 e. The van der Waals surface area contributed by atoms with Crippen LogP contribution < -0.4 is 5.32 Å². The van der Waals surface area contributed by atoms with Crippen LogP contribution in [0, 0.1) is 0 Å². The lowest BCUT2D eigenvalue weighted by Gasteiger charge is -2.04. The first-order valence-electron chi connectivity index (χ1n) is 8.33. The molecule has 0 amide bonds. The monoisotopic (exact) mass is 358 g/mol. The van der Waals surface area contributed by atoms with E-state index < -0.39 is 0 Å². The standard InChI is InChI=1S/C16H22N8S/c1-3-10-24-19-14(15(20-24)13-7-5-4-6-8-13)12-17-9-11-25-16-18-21-22-23(16)2/h4-8,17H,3,9-12H2,1-2H3. The summed E-state index contributed by atoms with van der Waals surface area (Å²) in [5.41, 5.74) is 3.03. The molecule has 2 heterocycles. The Morgan fingerprint density at radius 1 is 1.16 bits per heavy atom. The van der Waals surface area contributed by atoms with Crippen LogP contribution in [0.3, 0.4) is 0 Å². The second-order valence-electron chi connectivity index (χ2n) is 5.57. The summed E-state index contributed by atoms with van der Waals surface area (Å²) in [7, 11) is 1.84. The average Bonchev–Trinajstić information content (AvgIpc) is 3.22. The van der Waals surface area contributed by atoms with E-state index >= 15 is 0 Å². The van der Waals surface area contributed by atoms with Crippen molar-refractivity contribution in [2.45, 2.75) is 31.6 Å². The molecule has 0 atom stereocenters. The van der Waals surface area contributed by atoms with Gasteiger partial charge in [-0.15, -0.1) is 5.10 Å². The van der Waals surface area contributed by atoms with E-state index in [0.717, 1.165) is 47.4 Å². The number of aromatic nitrogens is 7. The van der Waals surface area contributed by atoms with E-state index in [2.05, 4.69) is 50.1 Å². The molecule has 0 radical (unpaired) electrons. The van der Waals surface area contributed by atoms with Crippen molar-refractivity contribution in [1.29, 1.82) is 0 Å². The van der Waals surface area contributed by atoms with Gasteiger partial charge in [-0.05, 0) is 16.8 Å². The number of hydrogen-bond acceptors (Lipinski definition) is 7. The summed E-state index contributed by atoms with van der Waals surface area (Å²) in [5.74, 6) is 0.887. The molecule has 1 aromatic carbocycles. The number of nitrogens with one attached hydrogen (secondary N) is 1. The Morgan fingerprint density at radius 3 is 2.72 bits per heavy atom. The van der Waals surface area contributed by atoms with E-state index in [4.69, 9.17) is 0 Å². The summed E-state index contributed by atoms with van der Waals surface area (Å²) in [6.07, 6.45) is 1.01. The molecule has 0 spiro atoms. The van der Waals surface area contributed by atoms with Gasteiger partial charge in [0, 0.05) is 31.5 Å². The molecule has 0 unspecified atom stereocenters.